The van der Waals surface area contributed by atoms with E-state index in [4.69, 9.17) is 0 Å². The maximum Gasteiger partial charge on any atom is 0.271 e. The first-order chi connectivity index (χ1) is 2.94. The van der Waals surface area contributed by atoms with Crippen molar-refractivity contribution >= 4 is 35.8 Å². The molecule has 0 aromatic carbocycles. The minimum atomic E-state index is -2.73. The standard InChI is InChI=1S/C2H2Cl2F2S/c3-1(5)2(4,6)7/h1,7H. The van der Waals surface area contributed by atoms with Crippen molar-refractivity contribution in [2.24, 2.45) is 0 Å². The molecule has 0 saturated carbocycles. The lowest BCUT2D eigenvalue weighted by molar-refractivity contribution is 0.278. The van der Waals surface area contributed by atoms with Gasteiger partial charge < -0.3 is 0 Å². The summed E-state index contributed by atoms with van der Waals surface area (Å²) in [7, 11) is 0. The lowest BCUT2D eigenvalue weighted by atomic mass is 10.8. The first-order valence-electron chi connectivity index (χ1n) is 1.33. The van der Waals surface area contributed by atoms with E-state index in [1.807, 2.05) is 0 Å². The smallest absolute Gasteiger partial charge is 0.224 e. The maximum atomic E-state index is 11.6. The molecular formula is C2H2Cl2F2S. The summed E-state index contributed by atoms with van der Waals surface area (Å²) >= 11 is 12.0. The summed E-state index contributed by atoms with van der Waals surface area (Å²) in [6.45, 7) is 0. The molecule has 0 rings (SSSR count). The number of rotatable bonds is 1. The Hall–Kier alpha value is 0.790. The number of thiol groups is 1. The molecule has 0 aromatic rings. The SMILES string of the molecule is FC(Cl)C(F)(S)Cl. The van der Waals surface area contributed by atoms with Gasteiger partial charge in [-0.1, -0.05) is 23.2 Å². The van der Waals surface area contributed by atoms with E-state index in [1.165, 1.54) is 0 Å². The molecule has 0 spiro atoms. The summed E-state index contributed by atoms with van der Waals surface area (Å²) in [5.74, 6) is 0. The quantitative estimate of drug-likeness (QED) is 0.449. The van der Waals surface area contributed by atoms with Crippen molar-refractivity contribution in [1.82, 2.24) is 0 Å². The predicted molar refractivity (Wildman–Crippen MR) is 29.4 cm³/mol. The van der Waals surface area contributed by atoms with Crippen LogP contribution < -0.4 is 0 Å². The third-order valence-electron chi connectivity index (χ3n) is 0.263. The minimum absolute atomic E-state index is 2.27. The first kappa shape index (κ1) is 7.79. The van der Waals surface area contributed by atoms with Crippen molar-refractivity contribution in [2.75, 3.05) is 0 Å². The molecule has 2 atom stereocenters. The van der Waals surface area contributed by atoms with Crippen LogP contribution in [0.2, 0.25) is 0 Å². The van der Waals surface area contributed by atoms with Gasteiger partial charge in [0.2, 0.25) is 5.63 Å². The number of halogens is 4. The third kappa shape index (κ3) is 3.38. The molecule has 0 bridgehead atoms. The van der Waals surface area contributed by atoms with Crippen molar-refractivity contribution in [2.45, 2.75) is 10.1 Å². The van der Waals surface area contributed by atoms with E-state index >= 15 is 0 Å². The molecular weight excluding hydrogens is 165 g/mol. The van der Waals surface area contributed by atoms with E-state index in [1.54, 1.807) is 0 Å². The minimum Gasteiger partial charge on any atom is -0.224 e. The second-order valence-electron chi connectivity index (χ2n) is 0.888. The van der Waals surface area contributed by atoms with Crippen molar-refractivity contribution in [1.29, 1.82) is 0 Å². The molecule has 0 aliphatic heterocycles. The van der Waals surface area contributed by atoms with Gasteiger partial charge in [-0.05, 0) is 0 Å². The molecule has 0 aliphatic rings. The van der Waals surface area contributed by atoms with Gasteiger partial charge in [0.05, 0.1) is 0 Å². The zero-order valence-corrected chi connectivity index (χ0v) is 5.44. The van der Waals surface area contributed by atoms with E-state index in [-0.39, 0.29) is 0 Å². The zero-order chi connectivity index (χ0) is 6.08. The van der Waals surface area contributed by atoms with Crippen LogP contribution in [0.1, 0.15) is 0 Å². The Morgan fingerprint density at radius 1 is 1.71 bits per heavy atom. The predicted octanol–water partition coefficient (Wildman–Crippen LogP) is 2.31. The van der Waals surface area contributed by atoms with E-state index in [0.717, 1.165) is 0 Å². The Balaban J connectivity index is 3.54. The van der Waals surface area contributed by atoms with Crippen molar-refractivity contribution in [3.05, 3.63) is 0 Å². The van der Waals surface area contributed by atoms with Crippen molar-refractivity contribution in [3.8, 4) is 0 Å². The van der Waals surface area contributed by atoms with Crippen molar-refractivity contribution in [3.63, 3.8) is 0 Å². The molecule has 5 heteroatoms. The molecule has 0 nitrogen and oxygen atoms in total. The molecule has 0 aromatic heterocycles. The van der Waals surface area contributed by atoms with Gasteiger partial charge in [-0.15, -0.1) is 12.6 Å². The second-order valence-corrected chi connectivity index (χ2v) is 2.74. The highest BCUT2D eigenvalue weighted by atomic mass is 35.5. The van der Waals surface area contributed by atoms with Gasteiger partial charge in [0.15, 0.2) is 0 Å². The van der Waals surface area contributed by atoms with Gasteiger partial charge >= 0.3 is 0 Å². The molecule has 0 fully saturated rings. The molecule has 0 heterocycles. The first-order valence-corrected chi connectivity index (χ1v) is 2.59. The normalized spacial score (nSPS) is 23.6. The third-order valence-corrected chi connectivity index (χ3v) is 1.25. The van der Waals surface area contributed by atoms with Crippen LogP contribution in [0, 0.1) is 0 Å². The summed E-state index contributed by atoms with van der Waals surface area (Å²) in [6, 6.07) is 0. The molecule has 0 N–H and O–H groups in total. The summed E-state index contributed by atoms with van der Waals surface area (Å²) in [5, 5.41) is 0. The highest BCUT2D eigenvalue weighted by molar-refractivity contribution is 7.83. The molecule has 0 amide bonds. The van der Waals surface area contributed by atoms with Crippen LogP contribution in [0.5, 0.6) is 0 Å². The largest absolute Gasteiger partial charge is 0.271 e. The van der Waals surface area contributed by atoms with Crippen LogP contribution in [-0.2, 0) is 0 Å². The molecule has 44 valence electrons. The fraction of sp³-hybridized carbons (Fsp3) is 1.00. The Kier molecular flexibility index (Phi) is 2.64. The van der Waals surface area contributed by atoms with E-state index in [2.05, 4.69) is 35.8 Å². The van der Waals surface area contributed by atoms with Crippen LogP contribution in [0.15, 0.2) is 0 Å². The van der Waals surface area contributed by atoms with Gasteiger partial charge in [-0.2, -0.15) is 0 Å². The average Bonchev–Trinajstić information content (AvgIpc) is 1.31. The molecule has 2 unspecified atom stereocenters. The van der Waals surface area contributed by atoms with Gasteiger partial charge in [0, 0.05) is 0 Å². The number of hydrogen-bond donors (Lipinski definition) is 1. The summed E-state index contributed by atoms with van der Waals surface area (Å²) < 4.78 is 20.3. The highest BCUT2D eigenvalue weighted by Crippen LogP contribution is 2.30. The van der Waals surface area contributed by atoms with Gasteiger partial charge in [0.1, 0.15) is 0 Å². The van der Waals surface area contributed by atoms with Crippen LogP contribution in [0.3, 0.4) is 0 Å². The molecule has 0 radical (unpaired) electrons. The number of hydrogen-bond acceptors (Lipinski definition) is 1. The zero-order valence-electron chi connectivity index (χ0n) is 3.04. The molecule has 0 saturated heterocycles. The summed E-state index contributed by atoms with van der Waals surface area (Å²) in [6.07, 6.45) is 0. The summed E-state index contributed by atoms with van der Waals surface area (Å²) in [4.78, 5) is 0. The van der Waals surface area contributed by atoms with Gasteiger partial charge in [-0.25, -0.2) is 8.78 Å². The Labute approximate surface area is 55.2 Å². The van der Waals surface area contributed by atoms with Gasteiger partial charge in [0.25, 0.3) is 4.46 Å². The maximum absolute atomic E-state index is 11.6. The van der Waals surface area contributed by atoms with Crippen LogP contribution >= 0.6 is 35.8 Å². The lowest BCUT2D eigenvalue weighted by Gasteiger charge is -2.07. The summed E-state index contributed by atoms with van der Waals surface area (Å²) in [5.41, 5.74) is -2.27. The Morgan fingerprint density at radius 2 is 1.86 bits per heavy atom. The van der Waals surface area contributed by atoms with E-state index < -0.39 is 10.1 Å². The van der Waals surface area contributed by atoms with E-state index in [0.29, 0.717) is 0 Å². The topological polar surface area (TPSA) is 0 Å². The fourth-order valence-corrected chi connectivity index (χ4v) is 0. The monoisotopic (exact) mass is 166 g/mol. The van der Waals surface area contributed by atoms with Crippen molar-refractivity contribution < 1.29 is 8.78 Å². The fourth-order valence-electron chi connectivity index (χ4n) is 0. The molecule has 7 heavy (non-hydrogen) atoms. The lowest BCUT2D eigenvalue weighted by Crippen LogP contribution is -2.14. The number of alkyl halides is 4. The van der Waals surface area contributed by atoms with Gasteiger partial charge in [-0.3, -0.25) is 0 Å². The average molecular weight is 167 g/mol. The Morgan fingerprint density at radius 3 is 1.86 bits per heavy atom. The van der Waals surface area contributed by atoms with E-state index in [9.17, 15) is 8.78 Å². The van der Waals surface area contributed by atoms with Crippen LogP contribution in [0.25, 0.3) is 0 Å². The Bertz CT molecular complexity index is 59.2. The van der Waals surface area contributed by atoms with Crippen LogP contribution in [0.4, 0.5) is 8.78 Å². The second kappa shape index (κ2) is 2.37. The molecule has 0 aliphatic carbocycles. The highest BCUT2D eigenvalue weighted by Gasteiger charge is 2.30. The van der Waals surface area contributed by atoms with Crippen LogP contribution in [-0.4, -0.2) is 10.1 Å².